The first kappa shape index (κ1) is 20.7. The van der Waals surface area contributed by atoms with Gasteiger partial charge < -0.3 is 14.5 Å². The van der Waals surface area contributed by atoms with Crippen molar-refractivity contribution in [2.45, 2.75) is 20.0 Å². The van der Waals surface area contributed by atoms with Gasteiger partial charge in [0.05, 0.1) is 13.7 Å². The number of thiazole rings is 1. The molecule has 0 bridgehead atoms. The molecule has 0 aliphatic heterocycles. The summed E-state index contributed by atoms with van der Waals surface area (Å²) in [6, 6.07) is 15.4. The lowest BCUT2D eigenvalue weighted by Gasteiger charge is -2.24. The molecule has 0 N–H and O–H groups in total. The van der Waals surface area contributed by atoms with Gasteiger partial charge in [-0.2, -0.15) is 0 Å². The summed E-state index contributed by atoms with van der Waals surface area (Å²) in [5.74, 6) is 0.580. The molecule has 0 saturated carbocycles. The largest absolute Gasteiger partial charge is 0.497 e. The molecule has 0 spiro atoms. The van der Waals surface area contributed by atoms with E-state index in [0.29, 0.717) is 6.54 Å². The molecule has 1 amide bonds. The molecule has 2 aromatic carbocycles. The molecule has 29 heavy (non-hydrogen) atoms. The van der Waals surface area contributed by atoms with Gasteiger partial charge in [-0.05, 0) is 48.9 Å². The first-order valence-electron chi connectivity index (χ1n) is 9.24. The Balaban J connectivity index is 1.90. The first-order chi connectivity index (χ1) is 13.9. The van der Waals surface area contributed by atoms with Crippen LogP contribution in [0.15, 0.2) is 58.7 Å². The number of hydrogen-bond donors (Lipinski definition) is 0. The van der Waals surface area contributed by atoms with E-state index in [-0.39, 0.29) is 17.3 Å². The Morgan fingerprint density at radius 1 is 1.03 bits per heavy atom. The molecule has 152 valence electrons. The Kier molecular flexibility index (Phi) is 6.39. The number of benzene rings is 2. The third-order valence-electron chi connectivity index (χ3n) is 4.75. The second kappa shape index (κ2) is 8.96. The molecule has 0 atom stereocenters. The molecule has 6 nitrogen and oxygen atoms in total. The fraction of sp³-hybridized carbons (Fsp3) is 0.273. The van der Waals surface area contributed by atoms with Crippen molar-refractivity contribution in [1.29, 1.82) is 0 Å². The summed E-state index contributed by atoms with van der Waals surface area (Å²) in [7, 11) is 5.59. The van der Waals surface area contributed by atoms with E-state index in [0.717, 1.165) is 39.7 Å². The topological polar surface area (TPSA) is 54.8 Å². The van der Waals surface area contributed by atoms with Gasteiger partial charge in [0.25, 0.3) is 0 Å². The summed E-state index contributed by atoms with van der Waals surface area (Å²) in [5.41, 5.74) is 3.65. The van der Waals surface area contributed by atoms with Gasteiger partial charge in [-0.25, -0.2) is 0 Å². The van der Waals surface area contributed by atoms with E-state index in [2.05, 4.69) is 0 Å². The van der Waals surface area contributed by atoms with Gasteiger partial charge in [0.1, 0.15) is 12.3 Å². The Labute approximate surface area is 174 Å². The zero-order chi connectivity index (χ0) is 21.0. The monoisotopic (exact) mass is 411 g/mol. The minimum atomic E-state index is -0.143. The van der Waals surface area contributed by atoms with Gasteiger partial charge >= 0.3 is 4.87 Å². The quantitative estimate of drug-likeness (QED) is 0.597. The maximum atomic E-state index is 13.2. The Hall–Kier alpha value is -3.06. The van der Waals surface area contributed by atoms with Gasteiger partial charge in [0.2, 0.25) is 5.91 Å². The maximum absolute atomic E-state index is 13.2. The molecule has 0 fully saturated rings. The normalized spacial score (nSPS) is 10.6. The van der Waals surface area contributed by atoms with Crippen LogP contribution in [-0.4, -0.2) is 31.7 Å². The molecule has 7 heteroatoms. The molecule has 0 unspecified atom stereocenters. The first-order valence-corrected chi connectivity index (χ1v) is 10.1. The molecule has 0 aliphatic rings. The zero-order valence-electron chi connectivity index (χ0n) is 17.1. The van der Waals surface area contributed by atoms with E-state index in [9.17, 15) is 9.59 Å². The summed E-state index contributed by atoms with van der Waals surface area (Å²) in [6.45, 7) is 2.26. The molecule has 1 heterocycles. The van der Waals surface area contributed by atoms with Crippen molar-refractivity contribution in [2.24, 2.45) is 0 Å². The lowest BCUT2D eigenvalue weighted by atomic mass is 10.1. The highest BCUT2D eigenvalue weighted by molar-refractivity contribution is 7.07. The van der Waals surface area contributed by atoms with Gasteiger partial charge in [0.15, 0.2) is 0 Å². The van der Waals surface area contributed by atoms with Gasteiger partial charge in [-0.15, -0.1) is 0 Å². The van der Waals surface area contributed by atoms with Crippen molar-refractivity contribution in [3.05, 3.63) is 74.8 Å². The molecular weight excluding hydrogens is 386 g/mol. The van der Waals surface area contributed by atoms with Crippen molar-refractivity contribution < 1.29 is 9.53 Å². The van der Waals surface area contributed by atoms with Crippen LogP contribution < -0.4 is 19.4 Å². The molecule has 1 aromatic heterocycles. The van der Waals surface area contributed by atoms with Gasteiger partial charge in [0, 0.05) is 36.5 Å². The van der Waals surface area contributed by atoms with Crippen molar-refractivity contribution in [2.75, 3.05) is 31.0 Å². The fourth-order valence-corrected chi connectivity index (χ4v) is 3.72. The van der Waals surface area contributed by atoms with E-state index < -0.39 is 0 Å². The Morgan fingerprint density at radius 3 is 2.17 bits per heavy atom. The van der Waals surface area contributed by atoms with E-state index >= 15 is 0 Å². The third-order valence-corrected chi connectivity index (χ3v) is 5.63. The molecule has 0 radical (unpaired) electrons. The van der Waals surface area contributed by atoms with Crippen molar-refractivity contribution in [1.82, 2.24) is 4.57 Å². The number of amides is 1. The highest BCUT2D eigenvalue weighted by Gasteiger charge is 2.19. The number of nitrogens with zero attached hydrogens (tertiary/aromatic N) is 3. The van der Waals surface area contributed by atoms with Crippen molar-refractivity contribution >= 4 is 28.6 Å². The lowest BCUT2D eigenvalue weighted by molar-refractivity contribution is -0.119. The van der Waals surface area contributed by atoms with Crippen LogP contribution in [0, 0.1) is 6.92 Å². The SMILES string of the molecule is COc1ccc(N(Cc2ccc(N(C)C)cc2)C(=O)Cn2c(C)csc2=O)cc1. The van der Waals surface area contributed by atoms with E-state index in [4.69, 9.17) is 4.74 Å². The highest BCUT2D eigenvalue weighted by Crippen LogP contribution is 2.23. The number of rotatable bonds is 7. The summed E-state index contributed by atoms with van der Waals surface area (Å²) in [6.07, 6.45) is 0. The molecule has 3 rings (SSSR count). The number of anilines is 2. The summed E-state index contributed by atoms with van der Waals surface area (Å²) >= 11 is 1.11. The number of aryl methyl sites for hydroxylation is 1. The van der Waals surface area contributed by atoms with Crippen LogP contribution in [0.2, 0.25) is 0 Å². The van der Waals surface area contributed by atoms with E-state index in [1.807, 2.05) is 74.4 Å². The smallest absolute Gasteiger partial charge is 0.307 e. The van der Waals surface area contributed by atoms with Crippen LogP contribution in [0.1, 0.15) is 11.3 Å². The van der Waals surface area contributed by atoms with Crippen LogP contribution >= 0.6 is 11.3 Å². The average molecular weight is 412 g/mol. The predicted molar refractivity (Wildman–Crippen MR) is 118 cm³/mol. The van der Waals surface area contributed by atoms with Crippen LogP contribution in [0.25, 0.3) is 0 Å². The second-order valence-corrected chi connectivity index (χ2v) is 7.79. The van der Waals surface area contributed by atoms with Gasteiger partial charge in [-0.3, -0.25) is 14.2 Å². The predicted octanol–water partition coefficient (Wildman–Crippen LogP) is 3.53. The number of aromatic nitrogens is 1. The Bertz CT molecular complexity index is 1020. The van der Waals surface area contributed by atoms with Crippen LogP contribution in [0.5, 0.6) is 5.75 Å². The number of methoxy groups -OCH3 is 1. The lowest BCUT2D eigenvalue weighted by Crippen LogP contribution is -2.35. The average Bonchev–Trinajstić information content (AvgIpc) is 3.04. The van der Waals surface area contributed by atoms with Crippen molar-refractivity contribution in [3.63, 3.8) is 0 Å². The van der Waals surface area contributed by atoms with Crippen LogP contribution in [-0.2, 0) is 17.9 Å². The second-order valence-electron chi connectivity index (χ2n) is 6.97. The number of carbonyl (C=O) groups is 1. The van der Waals surface area contributed by atoms with E-state index in [1.54, 1.807) is 17.4 Å². The minimum absolute atomic E-state index is 0.00990. The molecule has 3 aromatic rings. The Morgan fingerprint density at radius 2 is 1.66 bits per heavy atom. The van der Waals surface area contributed by atoms with Gasteiger partial charge in [-0.1, -0.05) is 23.5 Å². The zero-order valence-corrected chi connectivity index (χ0v) is 17.9. The summed E-state index contributed by atoms with van der Waals surface area (Å²) in [5, 5.41) is 1.77. The van der Waals surface area contributed by atoms with Crippen molar-refractivity contribution in [3.8, 4) is 5.75 Å². The van der Waals surface area contributed by atoms with Crippen LogP contribution in [0.3, 0.4) is 0 Å². The summed E-state index contributed by atoms with van der Waals surface area (Å²) in [4.78, 5) is 28.9. The number of hydrogen-bond acceptors (Lipinski definition) is 5. The minimum Gasteiger partial charge on any atom is -0.497 e. The standard InChI is InChI=1S/C22H25N3O3S/c1-16-15-29-22(27)24(16)14-21(26)25(19-9-11-20(28-4)12-10-19)13-17-5-7-18(8-6-17)23(2)3/h5-12,15H,13-14H2,1-4H3. The van der Waals surface area contributed by atoms with E-state index in [1.165, 1.54) is 4.57 Å². The van der Waals surface area contributed by atoms with Crippen LogP contribution in [0.4, 0.5) is 11.4 Å². The fourth-order valence-electron chi connectivity index (χ4n) is 2.98. The number of carbonyl (C=O) groups excluding carboxylic acids is 1. The molecule has 0 saturated heterocycles. The number of ether oxygens (including phenoxy) is 1. The maximum Gasteiger partial charge on any atom is 0.307 e. The molecular formula is C22H25N3O3S. The molecule has 0 aliphatic carbocycles. The highest BCUT2D eigenvalue weighted by atomic mass is 32.1. The third kappa shape index (κ3) is 4.86. The summed E-state index contributed by atoms with van der Waals surface area (Å²) < 4.78 is 6.74.